The van der Waals surface area contributed by atoms with Gasteiger partial charge in [0.25, 0.3) is 0 Å². The Bertz CT molecular complexity index is 550. The van der Waals surface area contributed by atoms with Crippen molar-refractivity contribution in [3.8, 4) is 17.6 Å². The largest absolute Gasteiger partial charge is 0.481 e. The van der Waals surface area contributed by atoms with E-state index in [1.54, 1.807) is 0 Å². The number of rotatable bonds is 6. The molecule has 0 radical (unpaired) electrons. The highest BCUT2D eigenvalue weighted by Gasteiger charge is 2.14. The molecular weight excluding hydrogens is 286 g/mol. The maximum absolute atomic E-state index is 11.8. The summed E-state index contributed by atoms with van der Waals surface area (Å²) in [5.74, 6) is 7.60. The third-order valence-electron chi connectivity index (χ3n) is 4.40. The van der Waals surface area contributed by atoms with Crippen molar-refractivity contribution in [1.29, 1.82) is 0 Å². The average molecular weight is 313 g/mol. The molecule has 23 heavy (non-hydrogen) atoms. The Morgan fingerprint density at radius 2 is 2.00 bits per heavy atom. The maximum atomic E-state index is 11.8. The molecule has 0 aromatic heterocycles. The normalized spacial score (nSPS) is 14.7. The summed E-state index contributed by atoms with van der Waals surface area (Å²) in [5.41, 5.74) is 1.10. The Morgan fingerprint density at radius 3 is 2.78 bits per heavy atom. The molecule has 3 heteroatoms. The number of aryl methyl sites for hydroxylation is 1. The van der Waals surface area contributed by atoms with Gasteiger partial charge in [-0.1, -0.05) is 62.1 Å². The van der Waals surface area contributed by atoms with Crippen molar-refractivity contribution in [2.45, 2.75) is 51.9 Å². The van der Waals surface area contributed by atoms with Crippen molar-refractivity contribution in [3.63, 3.8) is 0 Å². The monoisotopic (exact) mass is 313 g/mol. The lowest BCUT2D eigenvalue weighted by Gasteiger charge is -2.20. The maximum Gasteiger partial charge on any atom is 0.220 e. The molecule has 1 N–H and O–H groups in total. The molecule has 0 atom stereocenters. The zero-order valence-electron chi connectivity index (χ0n) is 14.1. The Labute approximate surface area is 139 Å². The molecule has 0 unspecified atom stereocenters. The second kappa shape index (κ2) is 9.94. The number of hydrogen-bond donors (Lipinski definition) is 1. The molecule has 2 rings (SSSR count). The predicted octanol–water partition coefficient (Wildman–Crippen LogP) is 3.85. The Balaban J connectivity index is 1.56. The van der Waals surface area contributed by atoms with Gasteiger partial charge in [-0.05, 0) is 30.9 Å². The van der Waals surface area contributed by atoms with Crippen LogP contribution in [0.2, 0.25) is 0 Å². The lowest BCUT2D eigenvalue weighted by Crippen LogP contribution is -2.24. The highest BCUT2D eigenvalue weighted by atomic mass is 16.5. The van der Waals surface area contributed by atoms with Crippen LogP contribution in [-0.2, 0) is 4.79 Å². The van der Waals surface area contributed by atoms with Crippen molar-refractivity contribution in [2.24, 2.45) is 5.92 Å². The smallest absolute Gasteiger partial charge is 0.220 e. The van der Waals surface area contributed by atoms with E-state index in [9.17, 15) is 4.79 Å². The first-order chi connectivity index (χ1) is 11.3. The second-order valence-corrected chi connectivity index (χ2v) is 6.23. The molecule has 0 heterocycles. The fourth-order valence-electron chi connectivity index (χ4n) is 2.99. The molecule has 1 fully saturated rings. The molecule has 3 nitrogen and oxygen atoms in total. The topological polar surface area (TPSA) is 38.3 Å². The number of amides is 1. The zero-order valence-corrected chi connectivity index (χ0v) is 14.1. The number of hydrogen-bond acceptors (Lipinski definition) is 2. The molecule has 1 aromatic carbocycles. The minimum Gasteiger partial charge on any atom is -0.481 e. The molecule has 1 amide bonds. The van der Waals surface area contributed by atoms with E-state index in [2.05, 4.69) is 17.2 Å². The lowest BCUT2D eigenvalue weighted by atomic mass is 9.86. The molecule has 1 aliphatic carbocycles. The SMILES string of the molecule is Cc1ccccc1OCC#CCNC(=O)CCC1CCCCC1. The van der Waals surface area contributed by atoms with Gasteiger partial charge in [0.1, 0.15) is 12.4 Å². The molecular formula is C20H27NO2. The van der Waals surface area contributed by atoms with Gasteiger partial charge in [0.15, 0.2) is 0 Å². The van der Waals surface area contributed by atoms with Gasteiger partial charge in [0, 0.05) is 6.42 Å². The highest BCUT2D eigenvalue weighted by molar-refractivity contribution is 5.76. The van der Waals surface area contributed by atoms with Crippen LogP contribution < -0.4 is 10.1 Å². The van der Waals surface area contributed by atoms with Gasteiger partial charge in [0.05, 0.1) is 6.54 Å². The van der Waals surface area contributed by atoms with Crippen LogP contribution in [0.3, 0.4) is 0 Å². The molecule has 0 spiro atoms. The van der Waals surface area contributed by atoms with Gasteiger partial charge >= 0.3 is 0 Å². The van der Waals surface area contributed by atoms with Gasteiger partial charge in [-0.15, -0.1) is 0 Å². The van der Waals surface area contributed by atoms with Gasteiger partial charge < -0.3 is 10.1 Å². The Kier molecular flexibility index (Phi) is 7.52. The van der Waals surface area contributed by atoms with Crippen LogP contribution in [0, 0.1) is 24.7 Å². The average Bonchev–Trinajstić information content (AvgIpc) is 2.58. The minimum atomic E-state index is 0.115. The van der Waals surface area contributed by atoms with Crippen molar-refractivity contribution in [3.05, 3.63) is 29.8 Å². The summed E-state index contributed by atoms with van der Waals surface area (Å²) in [5, 5.41) is 2.86. The Hall–Kier alpha value is -1.95. The first-order valence-electron chi connectivity index (χ1n) is 8.66. The highest BCUT2D eigenvalue weighted by Crippen LogP contribution is 2.27. The number of carbonyl (C=O) groups excluding carboxylic acids is 1. The fourth-order valence-corrected chi connectivity index (χ4v) is 2.99. The predicted molar refractivity (Wildman–Crippen MR) is 93.3 cm³/mol. The number of ether oxygens (including phenoxy) is 1. The van der Waals surface area contributed by atoms with Crippen LogP contribution in [0.25, 0.3) is 0 Å². The van der Waals surface area contributed by atoms with E-state index in [0.29, 0.717) is 19.6 Å². The number of carbonyl (C=O) groups is 1. The molecule has 0 bridgehead atoms. The minimum absolute atomic E-state index is 0.115. The van der Waals surface area contributed by atoms with Crippen molar-refractivity contribution in [1.82, 2.24) is 5.32 Å². The van der Waals surface area contributed by atoms with Crippen LogP contribution in [-0.4, -0.2) is 19.1 Å². The summed E-state index contributed by atoms with van der Waals surface area (Å²) in [4.78, 5) is 11.8. The standard InChI is InChI=1S/C20H27NO2/c1-17-9-5-6-12-19(17)23-16-8-7-15-21-20(22)14-13-18-10-3-2-4-11-18/h5-6,9,12,18H,2-4,10-11,13-16H2,1H3,(H,21,22). The van der Waals surface area contributed by atoms with Gasteiger partial charge in [-0.3, -0.25) is 4.79 Å². The summed E-state index contributed by atoms with van der Waals surface area (Å²) in [6.45, 7) is 2.76. The molecule has 124 valence electrons. The first-order valence-corrected chi connectivity index (χ1v) is 8.66. The van der Waals surface area contributed by atoms with E-state index < -0.39 is 0 Å². The van der Waals surface area contributed by atoms with Crippen LogP contribution >= 0.6 is 0 Å². The third-order valence-corrected chi connectivity index (χ3v) is 4.40. The number of nitrogens with one attached hydrogen (secondary N) is 1. The van der Waals surface area contributed by atoms with Crippen molar-refractivity contribution >= 4 is 5.91 Å². The Morgan fingerprint density at radius 1 is 1.22 bits per heavy atom. The molecule has 0 saturated heterocycles. The van der Waals surface area contributed by atoms with Crippen LogP contribution in [0.4, 0.5) is 0 Å². The summed E-state index contributed by atoms with van der Waals surface area (Å²) >= 11 is 0. The van der Waals surface area contributed by atoms with E-state index in [-0.39, 0.29) is 5.91 Å². The quantitative estimate of drug-likeness (QED) is 0.810. The van der Waals surface area contributed by atoms with Crippen molar-refractivity contribution < 1.29 is 9.53 Å². The molecule has 0 aliphatic heterocycles. The molecule has 1 saturated carbocycles. The van der Waals surface area contributed by atoms with E-state index in [4.69, 9.17) is 4.74 Å². The number of benzene rings is 1. The molecule has 1 aromatic rings. The number of para-hydroxylation sites is 1. The lowest BCUT2D eigenvalue weighted by molar-refractivity contribution is -0.121. The van der Waals surface area contributed by atoms with Gasteiger partial charge in [0.2, 0.25) is 5.91 Å². The zero-order chi connectivity index (χ0) is 16.3. The van der Waals surface area contributed by atoms with Crippen LogP contribution in [0.5, 0.6) is 5.75 Å². The third kappa shape index (κ3) is 6.78. The summed E-state index contributed by atoms with van der Waals surface area (Å²) in [7, 11) is 0. The van der Waals surface area contributed by atoms with Crippen LogP contribution in [0.1, 0.15) is 50.5 Å². The molecule has 1 aliphatic rings. The van der Waals surface area contributed by atoms with E-state index >= 15 is 0 Å². The van der Waals surface area contributed by atoms with Gasteiger partial charge in [-0.25, -0.2) is 0 Å². The van der Waals surface area contributed by atoms with Crippen LogP contribution in [0.15, 0.2) is 24.3 Å². The summed E-state index contributed by atoms with van der Waals surface area (Å²) < 4.78 is 5.58. The summed E-state index contributed by atoms with van der Waals surface area (Å²) in [6.07, 6.45) is 8.27. The van der Waals surface area contributed by atoms with E-state index in [1.165, 1.54) is 32.1 Å². The fraction of sp³-hybridized carbons (Fsp3) is 0.550. The second-order valence-electron chi connectivity index (χ2n) is 6.23. The summed E-state index contributed by atoms with van der Waals surface area (Å²) in [6, 6.07) is 7.87. The van der Waals surface area contributed by atoms with E-state index in [1.807, 2.05) is 31.2 Å². The van der Waals surface area contributed by atoms with E-state index in [0.717, 1.165) is 23.7 Å². The van der Waals surface area contributed by atoms with Crippen molar-refractivity contribution in [2.75, 3.05) is 13.2 Å². The first kappa shape index (κ1) is 17.4. The van der Waals surface area contributed by atoms with Gasteiger partial charge in [-0.2, -0.15) is 0 Å².